The first-order chi connectivity index (χ1) is 9.85. The second-order valence-corrected chi connectivity index (χ2v) is 6.87. The standard InChI is InChI=1S/C14H16N3O3P/c15-9-1-3-13-11(7-9)12-8-10(16)2-4-14(12)17(13)5-6-21(18,19)20/h1-4,7-8H,5-6,15-16H2,(H2,18,19,20). The van der Waals surface area contributed by atoms with Crippen LogP contribution in [0.15, 0.2) is 36.4 Å². The van der Waals surface area contributed by atoms with Crippen LogP contribution in [-0.2, 0) is 11.1 Å². The number of anilines is 2. The Hall–Kier alpha value is -2.01. The Morgan fingerprint density at radius 2 is 1.43 bits per heavy atom. The lowest BCUT2D eigenvalue weighted by Gasteiger charge is -2.08. The van der Waals surface area contributed by atoms with E-state index in [0.717, 1.165) is 21.8 Å². The molecule has 0 unspecified atom stereocenters. The molecule has 110 valence electrons. The number of nitrogens with zero attached hydrogens (tertiary/aromatic N) is 1. The zero-order valence-corrected chi connectivity index (χ0v) is 12.1. The van der Waals surface area contributed by atoms with Crippen LogP contribution in [0.4, 0.5) is 11.4 Å². The molecule has 0 bridgehead atoms. The Labute approximate surface area is 121 Å². The van der Waals surface area contributed by atoms with Crippen LogP contribution in [0, 0.1) is 0 Å². The molecular formula is C14H16N3O3P. The van der Waals surface area contributed by atoms with Crippen molar-refractivity contribution < 1.29 is 14.4 Å². The van der Waals surface area contributed by atoms with E-state index < -0.39 is 7.60 Å². The van der Waals surface area contributed by atoms with Crippen molar-refractivity contribution >= 4 is 40.8 Å². The topological polar surface area (TPSA) is 114 Å². The Balaban J connectivity index is 2.27. The van der Waals surface area contributed by atoms with Crippen LogP contribution in [-0.4, -0.2) is 20.5 Å². The third-order valence-corrected chi connectivity index (χ3v) is 4.31. The van der Waals surface area contributed by atoms with Crippen LogP contribution in [0.3, 0.4) is 0 Å². The number of hydrogen-bond acceptors (Lipinski definition) is 3. The van der Waals surface area contributed by atoms with Crippen molar-refractivity contribution in [1.82, 2.24) is 4.57 Å². The minimum Gasteiger partial charge on any atom is -0.399 e. The lowest BCUT2D eigenvalue weighted by molar-refractivity contribution is 0.370. The van der Waals surface area contributed by atoms with Gasteiger partial charge in [0.2, 0.25) is 0 Å². The molecule has 3 rings (SSSR count). The van der Waals surface area contributed by atoms with Crippen molar-refractivity contribution in [2.75, 3.05) is 17.6 Å². The highest BCUT2D eigenvalue weighted by molar-refractivity contribution is 7.51. The lowest BCUT2D eigenvalue weighted by Crippen LogP contribution is -2.03. The van der Waals surface area contributed by atoms with Gasteiger partial charge in [0.05, 0.1) is 6.16 Å². The van der Waals surface area contributed by atoms with Gasteiger partial charge in [0.1, 0.15) is 0 Å². The Bertz CT molecular complexity index is 823. The van der Waals surface area contributed by atoms with Gasteiger partial charge in [0.15, 0.2) is 0 Å². The molecule has 0 spiro atoms. The molecule has 0 aliphatic carbocycles. The molecule has 7 heteroatoms. The van der Waals surface area contributed by atoms with Gasteiger partial charge in [-0.2, -0.15) is 0 Å². The van der Waals surface area contributed by atoms with E-state index in [2.05, 4.69) is 0 Å². The number of hydrogen-bond donors (Lipinski definition) is 4. The zero-order chi connectivity index (χ0) is 15.2. The molecule has 0 radical (unpaired) electrons. The zero-order valence-electron chi connectivity index (χ0n) is 11.2. The van der Waals surface area contributed by atoms with Gasteiger partial charge in [-0.15, -0.1) is 0 Å². The van der Waals surface area contributed by atoms with Crippen LogP contribution in [0.2, 0.25) is 0 Å². The molecule has 0 saturated carbocycles. The summed E-state index contributed by atoms with van der Waals surface area (Å²) >= 11 is 0. The SMILES string of the molecule is Nc1ccc2c(c1)c1cc(N)ccc1n2CCP(=O)(O)O. The maximum absolute atomic E-state index is 11.1. The van der Waals surface area contributed by atoms with Crippen molar-refractivity contribution in [2.24, 2.45) is 0 Å². The highest BCUT2D eigenvalue weighted by atomic mass is 31.2. The average molecular weight is 305 g/mol. The average Bonchev–Trinajstić information content (AvgIpc) is 2.68. The molecule has 0 atom stereocenters. The summed E-state index contributed by atoms with van der Waals surface area (Å²) in [6.07, 6.45) is -0.208. The fraction of sp³-hybridized carbons (Fsp3) is 0.143. The lowest BCUT2D eigenvalue weighted by atomic mass is 10.1. The van der Waals surface area contributed by atoms with Crippen LogP contribution in [0.5, 0.6) is 0 Å². The molecule has 0 amide bonds. The number of fused-ring (bicyclic) bond motifs is 3. The van der Waals surface area contributed by atoms with E-state index in [1.54, 1.807) is 12.1 Å². The molecule has 6 nitrogen and oxygen atoms in total. The van der Waals surface area contributed by atoms with Crippen molar-refractivity contribution in [3.05, 3.63) is 36.4 Å². The van der Waals surface area contributed by atoms with Gasteiger partial charge in [-0.3, -0.25) is 4.57 Å². The first-order valence-electron chi connectivity index (χ1n) is 6.47. The van der Waals surface area contributed by atoms with E-state index in [4.69, 9.17) is 21.3 Å². The van der Waals surface area contributed by atoms with Crippen molar-refractivity contribution in [2.45, 2.75) is 6.54 Å². The fourth-order valence-electron chi connectivity index (χ4n) is 2.61. The molecule has 3 aromatic rings. The molecular weight excluding hydrogens is 289 g/mol. The summed E-state index contributed by atoms with van der Waals surface area (Å²) in [7, 11) is -4.05. The molecule has 0 fully saturated rings. The number of rotatable bonds is 3. The third kappa shape index (κ3) is 2.61. The molecule has 6 N–H and O–H groups in total. The fourth-order valence-corrected chi connectivity index (χ4v) is 3.07. The highest BCUT2D eigenvalue weighted by Crippen LogP contribution is 2.37. The van der Waals surface area contributed by atoms with Gasteiger partial charge in [0.25, 0.3) is 0 Å². The Morgan fingerprint density at radius 3 is 1.86 bits per heavy atom. The molecule has 0 aliphatic heterocycles. The summed E-state index contributed by atoms with van der Waals surface area (Å²) in [6.45, 7) is 0.234. The summed E-state index contributed by atoms with van der Waals surface area (Å²) in [4.78, 5) is 18.2. The quantitative estimate of drug-likeness (QED) is 0.437. The second-order valence-electron chi connectivity index (χ2n) is 5.09. The van der Waals surface area contributed by atoms with Crippen molar-refractivity contribution in [3.63, 3.8) is 0 Å². The number of nitrogen functional groups attached to an aromatic ring is 2. The molecule has 1 heterocycles. The van der Waals surface area contributed by atoms with Gasteiger partial charge in [-0.1, -0.05) is 0 Å². The summed E-state index contributed by atoms with van der Waals surface area (Å²) in [6, 6.07) is 11.0. The Kier molecular flexibility index (Phi) is 3.17. The van der Waals surface area contributed by atoms with E-state index in [-0.39, 0.29) is 12.7 Å². The van der Waals surface area contributed by atoms with E-state index in [0.29, 0.717) is 11.4 Å². The van der Waals surface area contributed by atoms with E-state index in [1.807, 2.05) is 28.8 Å². The summed E-state index contributed by atoms with van der Waals surface area (Å²) in [5.41, 5.74) is 14.7. The van der Waals surface area contributed by atoms with Crippen molar-refractivity contribution in [3.8, 4) is 0 Å². The number of aromatic nitrogens is 1. The van der Waals surface area contributed by atoms with E-state index >= 15 is 0 Å². The maximum atomic E-state index is 11.1. The van der Waals surface area contributed by atoms with Crippen LogP contribution >= 0.6 is 7.60 Å². The minimum atomic E-state index is -4.05. The normalized spacial score (nSPS) is 12.3. The molecule has 0 aliphatic rings. The van der Waals surface area contributed by atoms with Gasteiger partial charge >= 0.3 is 7.60 Å². The molecule has 0 saturated heterocycles. The van der Waals surface area contributed by atoms with Crippen LogP contribution in [0.25, 0.3) is 21.8 Å². The monoisotopic (exact) mass is 305 g/mol. The van der Waals surface area contributed by atoms with E-state index in [1.165, 1.54) is 0 Å². The highest BCUT2D eigenvalue weighted by Gasteiger charge is 2.16. The maximum Gasteiger partial charge on any atom is 0.327 e. The number of nitrogens with two attached hydrogens (primary N) is 2. The van der Waals surface area contributed by atoms with Crippen LogP contribution < -0.4 is 11.5 Å². The Morgan fingerprint density at radius 1 is 0.952 bits per heavy atom. The van der Waals surface area contributed by atoms with Crippen molar-refractivity contribution in [1.29, 1.82) is 0 Å². The van der Waals surface area contributed by atoms with Crippen LogP contribution in [0.1, 0.15) is 0 Å². The molecule has 2 aromatic carbocycles. The van der Waals surface area contributed by atoms with Gasteiger partial charge in [0, 0.05) is 39.7 Å². The summed E-state index contributed by atoms with van der Waals surface area (Å²) in [5.74, 6) is 0. The molecule has 21 heavy (non-hydrogen) atoms. The van der Waals surface area contributed by atoms with Gasteiger partial charge < -0.3 is 25.8 Å². The first-order valence-corrected chi connectivity index (χ1v) is 8.26. The number of benzene rings is 2. The summed E-state index contributed by atoms with van der Waals surface area (Å²) in [5, 5.41) is 1.87. The largest absolute Gasteiger partial charge is 0.399 e. The smallest absolute Gasteiger partial charge is 0.327 e. The first kappa shape index (κ1) is 13.9. The third-order valence-electron chi connectivity index (χ3n) is 3.53. The molecule has 1 aromatic heterocycles. The second kappa shape index (κ2) is 4.77. The minimum absolute atomic E-state index is 0.208. The van der Waals surface area contributed by atoms with E-state index in [9.17, 15) is 4.57 Å². The number of aryl methyl sites for hydroxylation is 1. The predicted octanol–water partition coefficient (Wildman–Crippen LogP) is 2.14. The predicted molar refractivity (Wildman–Crippen MR) is 85.2 cm³/mol. The summed E-state index contributed by atoms with van der Waals surface area (Å²) < 4.78 is 13.0. The van der Waals surface area contributed by atoms with Gasteiger partial charge in [-0.05, 0) is 36.4 Å². The van der Waals surface area contributed by atoms with Gasteiger partial charge in [-0.25, -0.2) is 0 Å².